The van der Waals surface area contributed by atoms with Crippen molar-refractivity contribution in [2.75, 3.05) is 25.7 Å². The summed E-state index contributed by atoms with van der Waals surface area (Å²) in [6.07, 6.45) is 2.20. The topological polar surface area (TPSA) is 76.2 Å². The molecule has 0 aliphatic carbocycles. The highest BCUT2D eigenvalue weighted by atomic mass is 16.5. The molecule has 2 aromatic rings. The molecule has 0 saturated carbocycles. The van der Waals surface area contributed by atoms with Crippen molar-refractivity contribution < 1.29 is 23.9 Å². The Morgan fingerprint density at radius 2 is 1.67 bits per heavy atom. The molecule has 2 aliphatic rings. The van der Waals surface area contributed by atoms with Gasteiger partial charge < -0.3 is 14.4 Å². The summed E-state index contributed by atoms with van der Waals surface area (Å²) in [5, 5.41) is 0. The number of rotatable bonds is 5. The second kappa shape index (κ2) is 8.18. The lowest BCUT2D eigenvalue weighted by Crippen LogP contribution is -2.31. The second-order valence-electron chi connectivity index (χ2n) is 7.43. The van der Waals surface area contributed by atoms with Gasteiger partial charge in [0.15, 0.2) is 0 Å². The van der Waals surface area contributed by atoms with Gasteiger partial charge in [-0.25, -0.2) is 0 Å². The number of hydrogen-bond donors (Lipinski definition) is 0. The van der Waals surface area contributed by atoms with Crippen LogP contribution in [-0.2, 0) is 9.59 Å². The van der Waals surface area contributed by atoms with Crippen molar-refractivity contribution in [3.8, 4) is 11.5 Å². The van der Waals surface area contributed by atoms with E-state index in [1.54, 1.807) is 38.5 Å². The highest BCUT2D eigenvalue weighted by Gasteiger charge is 2.34. The van der Waals surface area contributed by atoms with E-state index in [0.717, 1.165) is 29.9 Å². The lowest BCUT2D eigenvalue weighted by atomic mass is 10.0. The Morgan fingerprint density at radius 1 is 0.967 bits per heavy atom. The standard InChI is InChI=1S/C23H24N2O5/c1-29-17-9-10-20(30-2)18(14-17)19-4-3-13-24(19)23(28)15-5-7-16(8-6-15)25-21(26)11-12-22(25)27/h5-10,14,19H,3-4,11-13H2,1-2H3. The van der Waals surface area contributed by atoms with E-state index in [9.17, 15) is 14.4 Å². The highest BCUT2D eigenvalue weighted by Crippen LogP contribution is 2.39. The first kappa shape index (κ1) is 19.9. The predicted molar refractivity (Wildman–Crippen MR) is 111 cm³/mol. The molecule has 2 aromatic carbocycles. The molecule has 0 radical (unpaired) electrons. The smallest absolute Gasteiger partial charge is 0.254 e. The summed E-state index contributed by atoms with van der Waals surface area (Å²) in [4.78, 5) is 40.2. The van der Waals surface area contributed by atoms with E-state index in [1.165, 1.54) is 4.90 Å². The molecule has 7 heteroatoms. The lowest BCUT2D eigenvalue weighted by molar-refractivity contribution is -0.121. The van der Waals surface area contributed by atoms with E-state index >= 15 is 0 Å². The van der Waals surface area contributed by atoms with Crippen LogP contribution in [0.25, 0.3) is 0 Å². The Hall–Kier alpha value is -3.35. The minimum absolute atomic E-state index is 0.0898. The van der Waals surface area contributed by atoms with Crippen LogP contribution in [0.1, 0.15) is 47.6 Å². The van der Waals surface area contributed by atoms with Crippen molar-refractivity contribution in [1.82, 2.24) is 4.90 Å². The van der Waals surface area contributed by atoms with E-state index < -0.39 is 0 Å². The van der Waals surface area contributed by atoms with Crippen molar-refractivity contribution in [3.63, 3.8) is 0 Å². The first-order valence-corrected chi connectivity index (χ1v) is 10.0. The average molecular weight is 408 g/mol. The Balaban J connectivity index is 1.59. The first-order chi connectivity index (χ1) is 14.5. The van der Waals surface area contributed by atoms with Crippen LogP contribution in [0, 0.1) is 0 Å². The first-order valence-electron chi connectivity index (χ1n) is 10.0. The molecule has 2 aliphatic heterocycles. The van der Waals surface area contributed by atoms with Crippen LogP contribution in [0.15, 0.2) is 42.5 Å². The molecule has 0 spiro atoms. The highest BCUT2D eigenvalue weighted by molar-refractivity contribution is 6.19. The molecule has 7 nitrogen and oxygen atoms in total. The molecule has 0 aromatic heterocycles. The van der Waals surface area contributed by atoms with Crippen molar-refractivity contribution in [1.29, 1.82) is 0 Å². The molecule has 2 fully saturated rings. The maximum atomic E-state index is 13.3. The van der Waals surface area contributed by atoms with Crippen molar-refractivity contribution >= 4 is 23.4 Å². The van der Waals surface area contributed by atoms with E-state index in [1.807, 2.05) is 23.1 Å². The molecule has 1 unspecified atom stereocenters. The van der Waals surface area contributed by atoms with Gasteiger partial charge in [0.25, 0.3) is 5.91 Å². The van der Waals surface area contributed by atoms with Gasteiger partial charge in [0.05, 0.1) is 25.9 Å². The number of carbonyl (C=O) groups is 3. The minimum Gasteiger partial charge on any atom is -0.497 e. The maximum absolute atomic E-state index is 13.3. The van der Waals surface area contributed by atoms with Crippen LogP contribution >= 0.6 is 0 Å². The number of methoxy groups -OCH3 is 2. The van der Waals surface area contributed by atoms with Crippen LogP contribution in [0.2, 0.25) is 0 Å². The second-order valence-corrected chi connectivity index (χ2v) is 7.43. The summed E-state index contributed by atoms with van der Waals surface area (Å²) < 4.78 is 10.9. The average Bonchev–Trinajstić information content (AvgIpc) is 3.39. The fraction of sp³-hybridized carbons (Fsp3) is 0.348. The summed E-state index contributed by atoms with van der Waals surface area (Å²) in [6.45, 7) is 0.648. The van der Waals surface area contributed by atoms with Gasteiger partial charge in [-0.3, -0.25) is 19.3 Å². The predicted octanol–water partition coefficient (Wildman–Crippen LogP) is 3.33. The van der Waals surface area contributed by atoms with Gasteiger partial charge in [-0.15, -0.1) is 0 Å². The normalized spacial score (nSPS) is 18.8. The van der Waals surface area contributed by atoms with Crippen molar-refractivity contribution in [2.24, 2.45) is 0 Å². The zero-order valence-corrected chi connectivity index (χ0v) is 17.1. The van der Waals surface area contributed by atoms with E-state index in [4.69, 9.17) is 9.47 Å². The maximum Gasteiger partial charge on any atom is 0.254 e. The molecule has 2 saturated heterocycles. The third-order valence-electron chi connectivity index (χ3n) is 5.73. The fourth-order valence-corrected chi connectivity index (χ4v) is 4.22. The van der Waals surface area contributed by atoms with Gasteiger partial charge in [-0.2, -0.15) is 0 Å². The van der Waals surface area contributed by atoms with Crippen LogP contribution < -0.4 is 14.4 Å². The third-order valence-corrected chi connectivity index (χ3v) is 5.73. The minimum atomic E-state index is -0.205. The molecule has 4 rings (SSSR count). The summed E-state index contributed by atoms with van der Waals surface area (Å²) in [5.74, 6) is 0.942. The number of hydrogen-bond acceptors (Lipinski definition) is 5. The number of ether oxygens (including phenoxy) is 2. The molecule has 1 atom stereocenters. The fourth-order valence-electron chi connectivity index (χ4n) is 4.22. The number of nitrogens with zero attached hydrogens (tertiary/aromatic N) is 2. The van der Waals surface area contributed by atoms with E-state index in [0.29, 0.717) is 17.8 Å². The van der Waals surface area contributed by atoms with E-state index in [-0.39, 0.29) is 36.6 Å². The molecule has 30 heavy (non-hydrogen) atoms. The third kappa shape index (κ3) is 3.51. The number of amides is 3. The number of carbonyl (C=O) groups excluding carboxylic acids is 3. The zero-order chi connectivity index (χ0) is 21.3. The summed E-state index contributed by atoms with van der Waals surface area (Å²) >= 11 is 0. The quantitative estimate of drug-likeness (QED) is 0.710. The molecule has 156 valence electrons. The number of benzene rings is 2. The molecule has 2 heterocycles. The summed E-state index contributed by atoms with van der Waals surface area (Å²) in [7, 11) is 3.23. The SMILES string of the molecule is COc1ccc(OC)c(C2CCCN2C(=O)c2ccc(N3C(=O)CCC3=O)cc2)c1. The monoisotopic (exact) mass is 408 g/mol. The van der Waals surface area contributed by atoms with Crippen LogP contribution in [0.5, 0.6) is 11.5 Å². The van der Waals surface area contributed by atoms with Gasteiger partial charge in [-0.05, 0) is 55.3 Å². The lowest BCUT2D eigenvalue weighted by Gasteiger charge is -2.27. The van der Waals surface area contributed by atoms with Gasteiger partial charge in [-0.1, -0.05) is 0 Å². The summed E-state index contributed by atoms with van der Waals surface area (Å²) in [5.41, 5.74) is 1.95. The molecule has 0 bridgehead atoms. The van der Waals surface area contributed by atoms with Crippen LogP contribution in [0.4, 0.5) is 5.69 Å². The number of anilines is 1. The Bertz CT molecular complexity index is 970. The van der Waals surface area contributed by atoms with Gasteiger partial charge in [0.2, 0.25) is 11.8 Å². The molecular formula is C23H24N2O5. The van der Waals surface area contributed by atoms with Crippen molar-refractivity contribution in [2.45, 2.75) is 31.7 Å². The number of likely N-dealkylation sites (tertiary alicyclic amines) is 1. The van der Waals surface area contributed by atoms with Crippen molar-refractivity contribution in [3.05, 3.63) is 53.6 Å². The largest absolute Gasteiger partial charge is 0.497 e. The Morgan fingerprint density at radius 3 is 2.30 bits per heavy atom. The molecule has 0 N–H and O–H groups in total. The van der Waals surface area contributed by atoms with Crippen LogP contribution in [0.3, 0.4) is 0 Å². The Kier molecular flexibility index (Phi) is 5.44. The number of imide groups is 1. The summed E-state index contributed by atoms with van der Waals surface area (Å²) in [6, 6.07) is 12.2. The molecular weight excluding hydrogens is 384 g/mol. The van der Waals surface area contributed by atoms with Gasteiger partial charge in [0.1, 0.15) is 11.5 Å². The van der Waals surface area contributed by atoms with Crippen LogP contribution in [-0.4, -0.2) is 43.4 Å². The zero-order valence-electron chi connectivity index (χ0n) is 17.1. The Labute approximate surface area is 175 Å². The van der Waals surface area contributed by atoms with Gasteiger partial charge >= 0.3 is 0 Å². The van der Waals surface area contributed by atoms with Gasteiger partial charge in [0, 0.05) is 30.5 Å². The van der Waals surface area contributed by atoms with E-state index in [2.05, 4.69) is 0 Å². The molecule has 3 amide bonds.